The number of amides is 2. The second kappa shape index (κ2) is 8.10. The summed E-state index contributed by atoms with van der Waals surface area (Å²) in [6.07, 6.45) is 0.196. The maximum absolute atomic E-state index is 12.1. The lowest BCUT2D eigenvalue weighted by Crippen LogP contribution is -2.33. The van der Waals surface area contributed by atoms with Crippen molar-refractivity contribution < 1.29 is 19.1 Å². The smallest absolute Gasteiger partial charge is 0.231 e. The van der Waals surface area contributed by atoms with Gasteiger partial charge in [0.15, 0.2) is 11.5 Å². The van der Waals surface area contributed by atoms with E-state index >= 15 is 0 Å². The van der Waals surface area contributed by atoms with Crippen LogP contribution in [-0.4, -0.2) is 25.2 Å². The van der Waals surface area contributed by atoms with Gasteiger partial charge >= 0.3 is 0 Å². The molecule has 0 atom stereocenters. The van der Waals surface area contributed by atoms with Gasteiger partial charge in [0.2, 0.25) is 18.6 Å². The molecule has 1 aliphatic heterocycles. The molecule has 1 heterocycles. The highest BCUT2D eigenvalue weighted by atomic mass is 35.5. The quantitative estimate of drug-likeness (QED) is 0.843. The lowest BCUT2D eigenvalue weighted by Gasteiger charge is -2.21. The molecule has 2 aromatic rings. The molecule has 2 amide bonds. The zero-order valence-electron chi connectivity index (χ0n) is 14.3. The van der Waals surface area contributed by atoms with Crippen molar-refractivity contribution in [2.75, 3.05) is 18.2 Å². The first-order valence-electron chi connectivity index (χ1n) is 8.22. The molecule has 2 aromatic carbocycles. The summed E-state index contributed by atoms with van der Waals surface area (Å²) in [5.74, 6) is 0.972. The standard InChI is InChI=1S/C19H19ClN2O4/c1-13(23)22(16-6-7-17-18(10-16)26-12-25-17)9-8-19(24)21-11-14-2-4-15(20)5-3-14/h2-7,10H,8-9,11-12H2,1H3,(H,21,24). The van der Waals surface area contributed by atoms with Gasteiger partial charge in [-0.3, -0.25) is 9.59 Å². The number of carbonyl (C=O) groups excluding carboxylic acids is 2. The highest BCUT2D eigenvalue weighted by molar-refractivity contribution is 6.30. The second-order valence-electron chi connectivity index (χ2n) is 5.86. The van der Waals surface area contributed by atoms with Crippen LogP contribution in [0.3, 0.4) is 0 Å². The molecule has 0 fully saturated rings. The molecule has 6 nitrogen and oxygen atoms in total. The third kappa shape index (κ3) is 4.46. The second-order valence-corrected chi connectivity index (χ2v) is 6.30. The number of hydrogen-bond donors (Lipinski definition) is 1. The highest BCUT2D eigenvalue weighted by Gasteiger charge is 2.18. The van der Waals surface area contributed by atoms with E-state index in [1.807, 2.05) is 12.1 Å². The molecule has 0 aliphatic carbocycles. The Bertz CT molecular complexity index is 808. The summed E-state index contributed by atoms with van der Waals surface area (Å²) in [6.45, 7) is 2.34. The Balaban J connectivity index is 1.56. The van der Waals surface area contributed by atoms with Crippen LogP contribution in [0, 0.1) is 0 Å². The Labute approximate surface area is 156 Å². The number of halogens is 1. The lowest BCUT2D eigenvalue weighted by molar-refractivity contribution is -0.121. The van der Waals surface area contributed by atoms with E-state index in [2.05, 4.69) is 5.32 Å². The maximum Gasteiger partial charge on any atom is 0.231 e. The van der Waals surface area contributed by atoms with Crippen LogP contribution in [-0.2, 0) is 16.1 Å². The van der Waals surface area contributed by atoms with Gasteiger partial charge in [0.05, 0.1) is 0 Å². The van der Waals surface area contributed by atoms with Crippen molar-refractivity contribution in [1.82, 2.24) is 5.32 Å². The molecule has 0 spiro atoms. The summed E-state index contributed by atoms with van der Waals surface area (Å²) in [5, 5.41) is 3.49. The van der Waals surface area contributed by atoms with Crippen molar-refractivity contribution in [3.05, 3.63) is 53.1 Å². The molecule has 0 radical (unpaired) electrons. The maximum atomic E-state index is 12.1. The highest BCUT2D eigenvalue weighted by Crippen LogP contribution is 2.35. The van der Waals surface area contributed by atoms with E-state index in [0.717, 1.165) is 5.56 Å². The topological polar surface area (TPSA) is 67.9 Å². The molecule has 1 N–H and O–H groups in total. The van der Waals surface area contributed by atoms with Crippen LogP contribution in [0.2, 0.25) is 5.02 Å². The first kappa shape index (κ1) is 18.1. The van der Waals surface area contributed by atoms with Crippen molar-refractivity contribution in [1.29, 1.82) is 0 Å². The number of carbonyl (C=O) groups is 2. The van der Waals surface area contributed by atoms with Gasteiger partial charge in [0, 0.05) is 43.2 Å². The van der Waals surface area contributed by atoms with Crippen molar-refractivity contribution in [2.24, 2.45) is 0 Å². The predicted octanol–water partition coefficient (Wildman–Crippen LogP) is 3.13. The molecule has 0 saturated carbocycles. The van der Waals surface area contributed by atoms with Crippen LogP contribution in [0.4, 0.5) is 5.69 Å². The minimum atomic E-state index is -0.144. The number of nitrogens with one attached hydrogen (secondary N) is 1. The average Bonchev–Trinajstić information content (AvgIpc) is 3.09. The largest absolute Gasteiger partial charge is 0.454 e. The van der Waals surface area contributed by atoms with E-state index in [4.69, 9.17) is 21.1 Å². The fourth-order valence-electron chi connectivity index (χ4n) is 2.63. The zero-order valence-corrected chi connectivity index (χ0v) is 15.1. The van der Waals surface area contributed by atoms with Crippen LogP contribution in [0.25, 0.3) is 0 Å². The van der Waals surface area contributed by atoms with E-state index in [1.54, 1.807) is 35.2 Å². The fourth-order valence-corrected chi connectivity index (χ4v) is 2.75. The van der Waals surface area contributed by atoms with Crippen LogP contribution in [0.5, 0.6) is 11.5 Å². The van der Waals surface area contributed by atoms with E-state index in [0.29, 0.717) is 28.8 Å². The number of hydrogen-bond acceptors (Lipinski definition) is 4. The summed E-state index contributed by atoms with van der Waals surface area (Å²) >= 11 is 5.84. The number of benzene rings is 2. The van der Waals surface area contributed by atoms with Crippen molar-refractivity contribution in [3.8, 4) is 11.5 Å². The fraction of sp³-hybridized carbons (Fsp3) is 0.263. The van der Waals surface area contributed by atoms with E-state index in [9.17, 15) is 9.59 Å². The summed E-state index contributed by atoms with van der Waals surface area (Å²) in [7, 11) is 0. The molecule has 0 unspecified atom stereocenters. The van der Waals surface area contributed by atoms with Gasteiger partial charge in [0.25, 0.3) is 0 Å². The SMILES string of the molecule is CC(=O)N(CCC(=O)NCc1ccc(Cl)cc1)c1ccc2c(c1)OCO2. The molecule has 26 heavy (non-hydrogen) atoms. The summed E-state index contributed by atoms with van der Waals surface area (Å²) in [4.78, 5) is 25.6. The monoisotopic (exact) mass is 374 g/mol. The van der Waals surface area contributed by atoms with E-state index < -0.39 is 0 Å². The third-order valence-corrected chi connectivity index (χ3v) is 4.27. The van der Waals surface area contributed by atoms with E-state index in [-0.39, 0.29) is 31.6 Å². The predicted molar refractivity (Wildman–Crippen MR) is 98.5 cm³/mol. The summed E-state index contributed by atoms with van der Waals surface area (Å²) in [6, 6.07) is 12.6. The Morgan fingerprint density at radius 2 is 1.85 bits per heavy atom. The first-order chi connectivity index (χ1) is 12.5. The first-order valence-corrected chi connectivity index (χ1v) is 8.59. The number of rotatable bonds is 6. The van der Waals surface area contributed by atoms with Gasteiger partial charge < -0.3 is 19.7 Å². The molecular weight excluding hydrogens is 356 g/mol. The number of fused-ring (bicyclic) bond motifs is 1. The summed E-state index contributed by atoms with van der Waals surface area (Å²) < 4.78 is 10.6. The molecular formula is C19H19ClN2O4. The van der Waals surface area contributed by atoms with Crippen LogP contribution >= 0.6 is 11.6 Å². The minimum absolute atomic E-state index is 0.132. The lowest BCUT2D eigenvalue weighted by atomic mass is 10.2. The Hall–Kier alpha value is -2.73. The zero-order chi connectivity index (χ0) is 18.5. The molecule has 3 rings (SSSR count). The van der Waals surface area contributed by atoms with Crippen LogP contribution < -0.4 is 19.7 Å². The summed E-state index contributed by atoms with van der Waals surface area (Å²) in [5.41, 5.74) is 1.63. The number of anilines is 1. The third-order valence-electron chi connectivity index (χ3n) is 4.01. The molecule has 0 aromatic heterocycles. The Kier molecular flexibility index (Phi) is 5.63. The van der Waals surface area contributed by atoms with E-state index in [1.165, 1.54) is 6.92 Å². The van der Waals surface area contributed by atoms with Crippen molar-refractivity contribution >= 4 is 29.1 Å². The average molecular weight is 375 g/mol. The molecule has 1 aliphatic rings. The van der Waals surface area contributed by atoms with Gasteiger partial charge in [-0.05, 0) is 29.8 Å². The van der Waals surface area contributed by atoms with Gasteiger partial charge in [-0.25, -0.2) is 0 Å². The van der Waals surface area contributed by atoms with Crippen molar-refractivity contribution in [3.63, 3.8) is 0 Å². The van der Waals surface area contributed by atoms with Gasteiger partial charge in [0.1, 0.15) is 0 Å². The van der Waals surface area contributed by atoms with Crippen molar-refractivity contribution in [2.45, 2.75) is 19.9 Å². The number of ether oxygens (including phenoxy) is 2. The van der Waals surface area contributed by atoms with Gasteiger partial charge in [-0.15, -0.1) is 0 Å². The number of nitrogens with zero attached hydrogens (tertiary/aromatic N) is 1. The molecule has 0 bridgehead atoms. The molecule has 7 heteroatoms. The van der Waals surface area contributed by atoms with Gasteiger partial charge in [-0.1, -0.05) is 23.7 Å². The van der Waals surface area contributed by atoms with Crippen LogP contribution in [0.1, 0.15) is 18.9 Å². The Morgan fingerprint density at radius 1 is 1.12 bits per heavy atom. The molecule has 136 valence electrons. The minimum Gasteiger partial charge on any atom is -0.454 e. The van der Waals surface area contributed by atoms with Crippen LogP contribution in [0.15, 0.2) is 42.5 Å². The van der Waals surface area contributed by atoms with Gasteiger partial charge in [-0.2, -0.15) is 0 Å². The Morgan fingerprint density at radius 3 is 2.58 bits per heavy atom. The molecule has 0 saturated heterocycles. The normalized spacial score (nSPS) is 11.9.